The van der Waals surface area contributed by atoms with Crippen molar-refractivity contribution in [2.75, 3.05) is 0 Å². The predicted molar refractivity (Wildman–Crippen MR) is 47.9 cm³/mol. The molecular formula is C8H5NO5S. The Hall–Kier alpha value is -2.02. The topological polar surface area (TPSA) is 97.4 Å². The number of imide groups is 1. The third-order valence-corrected chi connectivity index (χ3v) is 1.64. The zero-order valence-electron chi connectivity index (χ0n) is 7.26. The SMILES string of the molecule is O=C1NC(=O)c2ccccc21.O=S(=O)=O. The Kier molecular flexibility index (Phi) is 3.29. The van der Waals surface area contributed by atoms with Crippen molar-refractivity contribution in [3.63, 3.8) is 0 Å². The molecule has 2 rings (SSSR count). The van der Waals surface area contributed by atoms with E-state index >= 15 is 0 Å². The Morgan fingerprint density at radius 1 is 0.867 bits per heavy atom. The van der Waals surface area contributed by atoms with Gasteiger partial charge in [0.1, 0.15) is 0 Å². The van der Waals surface area contributed by atoms with Crippen LogP contribution in [-0.4, -0.2) is 24.4 Å². The number of nitrogens with one attached hydrogen (secondary N) is 1. The van der Waals surface area contributed by atoms with Gasteiger partial charge in [0.15, 0.2) is 0 Å². The van der Waals surface area contributed by atoms with E-state index in [0.29, 0.717) is 11.1 Å². The van der Waals surface area contributed by atoms with Gasteiger partial charge >= 0.3 is 10.6 Å². The maximum atomic E-state index is 10.9. The third kappa shape index (κ3) is 2.71. The maximum Gasteiger partial charge on any atom is 0.425 e. The molecule has 0 atom stereocenters. The third-order valence-electron chi connectivity index (χ3n) is 1.64. The highest BCUT2D eigenvalue weighted by molar-refractivity contribution is 7.59. The van der Waals surface area contributed by atoms with Crippen LogP contribution < -0.4 is 5.32 Å². The number of rotatable bonds is 0. The fraction of sp³-hybridized carbons (Fsp3) is 0. The molecule has 0 saturated carbocycles. The lowest BCUT2D eigenvalue weighted by Gasteiger charge is -1.88. The number of carbonyl (C=O) groups is 2. The van der Waals surface area contributed by atoms with Crippen LogP contribution in [0.1, 0.15) is 20.7 Å². The summed E-state index contributed by atoms with van der Waals surface area (Å²) in [6.45, 7) is 0. The summed E-state index contributed by atoms with van der Waals surface area (Å²) >= 11 is 0. The van der Waals surface area contributed by atoms with Gasteiger partial charge in [-0.1, -0.05) is 12.1 Å². The van der Waals surface area contributed by atoms with Crippen molar-refractivity contribution < 1.29 is 22.2 Å². The normalized spacial score (nSPS) is 12.3. The van der Waals surface area contributed by atoms with Crippen LogP contribution in [0, 0.1) is 0 Å². The van der Waals surface area contributed by atoms with Crippen LogP contribution in [0.5, 0.6) is 0 Å². The van der Waals surface area contributed by atoms with Gasteiger partial charge in [0.25, 0.3) is 11.8 Å². The highest BCUT2D eigenvalue weighted by Gasteiger charge is 2.25. The van der Waals surface area contributed by atoms with Crippen molar-refractivity contribution in [1.29, 1.82) is 0 Å². The lowest BCUT2D eigenvalue weighted by molar-refractivity contribution is 0.0879. The smallest absolute Gasteiger partial charge is 0.288 e. The largest absolute Gasteiger partial charge is 0.425 e. The summed E-state index contributed by atoms with van der Waals surface area (Å²) in [5.74, 6) is -0.601. The summed E-state index contributed by atoms with van der Waals surface area (Å²) in [6, 6.07) is 6.74. The first kappa shape index (κ1) is 11.1. The first-order valence-electron chi connectivity index (χ1n) is 3.74. The Morgan fingerprint density at radius 3 is 1.53 bits per heavy atom. The van der Waals surface area contributed by atoms with Crippen LogP contribution >= 0.6 is 0 Å². The summed E-state index contributed by atoms with van der Waals surface area (Å²) < 4.78 is 25.3. The Morgan fingerprint density at radius 2 is 1.20 bits per heavy atom. The van der Waals surface area contributed by atoms with Gasteiger partial charge in [0.05, 0.1) is 11.1 Å². The molecular weight excluding hydrogens is 222 g/mol. The fourth-order valence-electron chi connectivity index (χ4n) is 1.12. The van der Waals surface area contributed by atoms with E-state index in [2.05, 4.69) is 5.32 Å². The van der Waals surface area contributed by atoms with Gasteiger partial charge in [-0.15, -0.1) is 12.6 Å². The molecule has 6 nitrogen and oxygen atoms in total. The fourth-order valence-corrected chi connectivity index (χ4v) is 1.12. The summed E-state index contributed by atoms with van der Waals surface area (Å²) in [6.07, 6.45) is 0. The molecule has 0 bridgehead atoms. The number of amides is 2. The monoisotopic (exact) mass is 227 g/mol. The lowest BCUT2D eigenvalue weighted by atomic mass is 10.1. The molecule has 15 heavy (non-hydrogen) atoms. The van der Waals surface area contributed by atoms with Crippen molar-refractivity contribution in [3.05, 3.63) is 35.4 Å². The molecule has 1 aliphatic rings. The second kappa shape index (κ2) is 4.47. The maximum absolute atomic E-state index is 10.9. The molecule has 1 aliphatic heterocycles. The second-order valence-corrected chi connectivity index (χ2v) is 2.94. The summed E-state index contributed by atoms with van der Waals surface area (Å²) in [5, 5.41) is 2.20. The van der Waals surface area contributed by atoms with E-state index in [1.54, 1.807) is 24.3 Å². The van der Waals surface area contributed by atoms with Gasteiger partial charge in [-0.3, -0.25) is 14.9 Å². The Bertz CT molecular complexity index is 479. The first-order valence-corrected chi connectivity index (χ1v) is 4.74. The molecule has 0 radical (unpaired) electrons. The standard InChI is InChI=1S/C8H5NO2.O3S/c10-7-5-3-1-2-4-6(5)8(11)9-7;1-4(2)3/h1-4H,(H,9,10,11);. The van der Waals surface area contributed by atoms with Crippen LogP contribution in [0.3, 0.4) is 0 Å². The molecule has 1 heterocycles. The van der Waals surface area contributed by atoms with Gasteiger partial charge in [0, 0.05) is 0 Å². The highest BCUT2D eigenvalue weighted by atomic mass is 32.2. The average Bonchev–Trinajstić information content (AvgIpc) is 2.43. The van der Waals surface area contributed by atoms with Gasteiger partial charge in [-0.25, -0.2) is 0 Å². The summed E-state index contributed by atoms with van der Waals surface area (Å²) in [4.78, 5) is 21.9. The molecule has 0 saturated heterocycles. The van der Waals surface area contributed by atoms with Crippen LogP contribution in [0.4, 0.5) is 0 Å². The molecule has 0 spiro atoms. The molecule has 0 unspecified atom stereocenters. The number of hydrogen-bond acceptors (Lipinski definition) is 5. The highest BCUT2D eigenvalue weighted by Crippen LogP contribution is 2.13. The minimum Gasteiger partial charge on any atom is -0.288 e. The number of fused-ring (bicyclic) bond motifs is 1. The predicted octanol–water partition coefficient (Wildman–Crippen LogP) is -0.434. The molecule has 1 N–H and O–H groups in total. The van der Waals surface area contributed by atoms with Crippen LogP contribution in [0.2, 0.25) is 0 Å². The average molecular weight is 227 g/mol. The molecule has 0 fully saturated rings. The van der Waals surface area contributed by atoms with Gasteiger partial charge < -0.3 is 0 Å². The summed E-state index contributed by atoms with van der Waals surface area (Å²) in [7, 11) is -3.11. The first-order chi connectivity index (χ1) is 7.02. The van der Waals surface area contributed by atoms with E-state index in [9.17, 15) is 9.59 Å². The van der Waals surface area contributed by atoms with Crippen LogP contribution in [0.25, 0.3) is 0 Å². The molecule has 0 aliphatic carbocycles. The number of carbonyl (C=O) groups excluding carboxylic acids is 2. The molecule has 7 heteroatoms. The van der Waals surface area contributed by atoms with E-state index in [-0.39, 0.29) is 11.8 Å². The van der Waals surface area contributed by atoms with Crippen molar-refractivity contribution in [1.82, 2.24) is 5.32 Å². The van der Waals surface area contributed by atoms with Crippen molar-refractivity contribution in [2.45, 2.75) is 0 Å². The second-order valence-electron chi connectivity index (χ2n) is 2.53. The van der Waals surface area contributed by atoms with E-state index in [1.165, 1.54) is 0 Å². The van der Waals surface area contributed by atoms with Crippen LogP contribution in [-0.2, 0) is 10.6 Å². The Labute approximate surface area is 86.0 Å². The number of hydrogen-bond donors (Lipinski definition) is 1. The minimum absolute atomic E-state index is 0.300. The Balaban J connectivity index is 0.000000245. The zero-order valence-corrected chi connectivity index (χ0v) is 8.08. The zero-order chi connectivity index (χ0) is 11.4. The van der Waals surface area contributed by atoms with Gasteiger partial charge in [0.2, 0.25) is 0 Å². The molecule has 2 amide bonds. The molecule has 78 valence electrons. The quantitative estimate of drug-likeness (QED) is 0.606. The lowest BCUT2D eigenvalue weighted by Crippen LogP contribution is -2.19. The van der Waals surface area contributed by atoms with Crippen molar-refractivity contribution >= 4 is 22.4 Å². The summed E-state index contributed by atoms with van der Waals surface area (Å²) in [5.41, 5.74) is 0.940. The number of benzene rings is 1. The van der Waals surface area contributed by atoms with Crippen molar-refractivity contribution in [3.8, 4) is 0 Å². The van der Waals surface area contributed by atoms with E-state index in [4.69, 9.17) is 12.6 Å². The van der Waals surface area contributed by atoms with E-state index < -0.39 is 10.6 Å². The van der Waals surface area contributed by atoms with Gasteiger partial charge in [-0.05, 0) is 12.1 Å². The van der Waals surface area contributed by atoms with Gasteiger partial charge in [-0.2, -0.15) is 0 Å². The van der Waals surface area contributed by atoms with Crippen LogP contribution in [0.15, 0.2) is 24.3 Å². The van der Waals surface area contributed by atoms with Crippen molar-refractivity contribution in [2.24, 2.45) is 0 Å². The molecule has 1 aromatic rings. The van der Waals surface area contributed by atoms with E-state index in [0.717, 1.165) is 0 Å². The molecule has 1 aromatic carbocycles. The minimum atomic E-state index is -3.11. The van der Waals surface area contributed by atoms with E-state index in [1.807, 2.05) is 0 Å². The molecule has 0 aromatic heterocycles.